The summed E-state index contributed by atoms with van der Waals surface area (Å²) < 4.78 is 0. The number of nitrogens with zero attached hydrogens (tertiary/aromatic N) is 3. The number of carbonyl (C=O) groups is 1. The van der Waals surface area contributed by atoms with Crippen molar-refractivity contribution < 1.29 is 4.79 Å². The van der Waals surface area contributed by atoms with E-state index in [1.54, 1.807) is 11.1 Å². The van der Waals surface area contributed by atoms with Crippen LogP contribution in [0.25, 0.3) is 0 Å². The van der Waals surface area contributed by atoms with Gasteiger partial charge in [-0.15, -0.1) is 0 Å². The van der Waals surface area contributed by atoms with Gasteiger partial charge in [-0.25, -0.2) is 0 Å². The van der Waals surface area contributed by atoms with E-state index in [0.717, 1.165) is 24.3 Å². The molecule has 0 aliphatic carbocycles. The second-order valence-electron chi connectivity index (χ2n) is 4.16. The number of benzene rings is 1. The van der Waals surface area contributed by atoms with E-state index in [4.69, 9.17) is 0 Å². The van der Waals surface area contributed by atoms with Crippen LogP contribution in [0.15, 0.2) is 29.3 Å². The average molecular weight is 215 g/mol. The number of carbonyl (C=O) groups excluding carboxylic acids is 1. The van der Waals surface area contributed by atoms with Gasteiger partial charge in [-0.3, -0.25) is 9.79 Å². The molecule has 1 aromatic carbocycles. The Labute approximate surface area is 94.2 Å². The number of amides is 1. The normalized spacial score (nSPS) is 23.1. The van der Waals surface area contributed by atoms with Crippen LogP contribution in [-0.2, 0) is 4.79 Å². The smallest absolute Gasteiger partial charge is 0.267 e. The summed E-state index contributed by atoms with van der Waals surface area (Å²) >= 11 is 0. The molecule has 0 spiro atoms. The van der Waals surface area contributed by atoms with E-state index < -0.39 is 0 Å². The Morgan fingerprint density at radius 3 is 3.00 bits per heavy atom. The standard InChI is InChI=1S/C12H13N3O/c1-14-6-7-15-10-5-3-2-4-9(10)8-13-11(15)12(14)16/h2-5,8,11H,6-7H2,1H3. The maximum absolute atomic E-state index is 11.9. The largest absolute Gasteiger partial charge is 0.340 e. The first-order valence-electron chi connectivity index (χ1n) is 5.41. The van der Waals surface area contributed by atoms with E-state index in [1.807, 2.05) is 31.3 Å². The van der Waals surface area contributed by atoms with Crippen LogP contribution in [0.2, 0.25) is 0 Å². The van der Waals surface area contributed by atoms with E-state index >= 15 is 0 Å². The van der Waals surface area contributed by atoms with Gasteiger partial charge in [-0.1, -0.05) is 18.2 Å². The summed E-state index contributed by atoms with van der Waals surface area (Å²) in [5.41, 5.74) is 2.21. The zero-order valence-corrected chi connectivity index (χ0v) is 9.13. The number of hydrogen-bond acceptors (Lipinski definition) is 3. The van der Waals surface area contributed by atoms with Crippen LogP contribution in [0.3, 0.4) is 0 Å². The number of likely N-dealkylation sites (N-methyl/N-ethyl adjacent to an activating group) is 1. The Balaban J connectivity index is 2.05. The molecule has 3 rings (SSSR count). The highest BCUT2D eigenvalue weighted by Gasteiger charge is 2.35. The first-order chi connectivity index (χ1) is 7.77. The van der Waals surface area contributed by atoms with Gasteiger partial charge in [-0.05, 0) is 6.07 Å². The number of rotatable bonds is 0. The van der Waals surface area contributed by atoms with Gasteiger partial charge in [-0.2, -0.15) is 0 Å². The van der Waals surface area contributed by atoms with Crippen molar-refractivity contribution in [2.45, 2.75) is 6.17 Å². The van der Waals surface area contributed by atoms with Crippen LogP contribution in [-0.4, -0.2) is 43.3 Å². The SMILES string of the molecule is CN1CCN2c3ccccc3C=NC2C1=O. The second kappa shape index (κ2) is 3.33. The molecule has 1 amide bonds. The number of para-hydroxylation sites is 1. The minimum atomic E-state index is -0.353. The van der Waals surface area contributed by atoms with E-state index in [9.17, 15) is 4.79 Å². The summed E-state index contributed by atoms with van der Waals surface area (Å²) in [5.74, 6) is 0.0806. The maximum atomic E-state index is 11.9. The van der Waals surface area contributed by atoms with E-state index in [0.29, 0.717) is 0 Å². The van der Waals surface area contributed by atoms with Gasteiger partial charge < -0.3 is 9.80 Å². The van der Waals surface area contributed by atoms with Crippen molar-refractivity contribution >= 4 is 17.8 Å². The minimum absolute atomic E-state index is 0.0806. The molecule has 0 radical (unpaired) electrons. The topological polar surface area (TPSA) is 35.9 Å². The van der Waals surface area contributed by atoms with E-state index in [2.05, 4.69) is 9.89 Å². The monoisotopic (exact) mass is 215 g/mol. The lowest BCUT2D eigenvalue weighted by molar-refractivity contribution is -0.132. The predicted molar refractivity (Wildman–Crippen MR) is 62.8 cm³/mol. The molecule has 1 unspecified atom stereocenters. The van der Waals surface area contributed by atoms with Gasteiger partial charge in [0.25, 0.3) is 5.91 Å². The number of fused-ring (bicyclic) bond motifs is 3. The molecule has 0 saturated carbocycles. The summed E-state index contributed by atoms with van der Waals surface area (Å²) in [6.07, 6.45) is 1.45. The minimum Gasteiger partial charge on any atom is -0.340 e. The van der Waals surface area contributed by atoms with Crippen molar-refractivity contribution in [1.29, 1.82) is 0 Å². The summed E-state index contributed by atoms with van der Waals surface area (Å²) in [6, 6.07) is 8.06. The zero-order valence-electron chi connectivity index (χ0n) is 9.13. The fraction of sp³-hybridized carbons (Fsp3) is 0.333. The van der Waals surface area contributed by atoms with Gasteiger partial charge >= 0.3 is 0 Å². The summed E-state index contributed by atoms with van der Waals surface area (Å²) in [4.78, 5) is 20.1. The second-order valence-corrected chi connectivity index (χ2v) is 4.16. The first-order valence-corrected chi connectivity index (χ1v) is 5.41. The Kier molecular flexibility index (Phi) is 1.96. The number of aliphatic imine (C=N–C) groups is 1. The van der Waals surface area contributed by atoms with Crippen LogP contribution < -0.4 is 4.90 Å². The summed E-state index contributed by atoms with van der Waals surface area (Å²) in [6.45, 7) is 1.61. The fourth-order valence-corrected chi connectivity index (χ4v) is 2.23. The molecule has 16 heavy (non-hydrogen) atoms. The predicted octanol–water partition coefficient (Wildman–Crippen LogP) is 0.724. The quantitative estimate of drug-likeness (QED) is 0.639. The van der Waals surface area contributed by atoms with Gasteiger partial charge in [0, 0.05) is 37.6 Å². The molecule has 4 nitrogen and oxygen atoms in total. The molecule has 0 aromatic heterocycles. The molecule has 1 fully saturated rings. The highest BCUT2D eigenvalue weighted by Crippen LogP contribution is 2.27. The fourth-order valence-electron chi connectivity index (χ4n) is 2.23. The molecule has 2 heterocycles. The van der Waals surface area contributed by atoms with Gasteiger partial charge in [0.2, 0.25) is 6.17 Å². The molecule has 2 aliphatic rings. The number of piperazine rings is 1. The number of hydrogen-bond donors (Lipinski definition) is 0. The molecular formula is C12H13N3O. The third-order valence-corrected chi connectivity index (χ3v) is 3.17. The maximum Gasteiger partial charge on any atom is 0.267 e. The average Bonchev–Trinajstić information content (AvgIpc) is 2.33. The third-order valence-electron chi connectivity index (χ3n) is 3.17. The molecule has 2 aliphatic heterocycles. The Bertz CT molecular complexity index is 469. The van der Waals surface area contributed by atoms with Crippen molar-refractivity contribution in [3.63, 3.8) is 0 Å². The van der Waals surface area contributed by atoms with E-state index in [1.165, 1.54) is 0 Å². The molecular weight excluding hydrogens is 202 g/mol. The zero-order chi connectivity index (χ0) is 11.1. The van der Waals surface area contributed by atoms with Crippen molar-refractivity contribution in [3.05, 3.63) is 29.8 Å². The van der Waals surface area contributed by atoms with Crippen molar-refractivity contribution in [3.8, 4) is 0 Å². The van der Waals surface area contributed by atoms with Crippen LogP contribution in [0, 0.1) is 0 Å². The summed E-state index contributed by atoms with van der Waals surface area (Å²) in [7, 11) is 1.83. The highest BCUT2D eigenvalue weighted by atomic mass is 16.2. The van der Waals surface area contributed by atoms with Crippen molar-refractivity contribution in [2.75, 3.05) is 25.0 Å². The van der Waals surface area contributed by atoms with E-state index in [-0.39, 0.29) is 12.1 Å². The van der Waals surface area contributed by atoms with Gasteiger partial charge in [0.15, 0.2) is 0 Å². The molecule has 0 N–H and O–H groups in total. The van der Waals surface area contributed by atoms with Crippen LogP contribution >= 0.6 is 0 Å². The number of anilines is 1. The lowest BCUT2D eigenvalue weighted by atomic mass is 10.1. The molecule has 1 saturated heterocycles. The van der Waals surface area contributed by atoms with Crippen LogP contribution in [0.4, 0.5) is 5.69 Å². The Hall–Kier alpha value is -1.84. The Morgan fingerprint density at radius 2 is 2.12 bits per heavy atom. The van der Waals surface area contributed by atoms with Crippen LogP contribution in [0.5, 0.6) is 0 Å². The molecule has 82 valence electrons. The lowest BCUT2D eigenvalue weighted by Crippen LogP contribution is -2.56. The summed E-state index contributed by atoms with van der Waals surface area (Å²) in [5, 5.41) is 0. The molecule has 0 bridgehead atoms. The lowest BCUT2D eigenvalue weighted by Gasteiger charge is -2.40. The first kappa shape index (κ1) is 9.39. The molecule has 1 atom stereocenters. The van der Waals surface area contributed by atoms with Crippen molar-refractivity contribution in [2.24, 2.45) is 4.99 Å². The Morgan fingerprint density at radius 1 is 1.31 bits per heavy atom. The third kappa shape index (κ3) is 1.23. The van der Waals surface area contributed by atoms with Gasteiger partial charge in [0.1, 0.15) is 0 Å². The molecule has 4 heteroatoms. The van der Waals surface area contributed by atoms with Gasteiger partial charge in [0.05, 0.1) is 0 Å². The highest BCUT2D eigenvalue weighted by molar-refractivity contribution is 5.97. The molecule has 1 aromatic rings. The van der Waals surface area contributed by atoms with Crippen LogP contribution in [0.1, 0.15) is 5.56 Å². The van der Waals surface area contributed by atoms with Crippen molar-refractivity contribution in [1.82, 2.24) is 4.90 Å².